The zero-order valence-electron chi connectivity index (χ0n) is 17.0. The molecule has 3 aliphatic rings. The van der Waals surface area contributed by atoms with E-state index >= 15 is 0 Å². The predicted octanol–water partition coefficient (Wildman–Crippen LogP) is 0.108. The van der Waals surface area contributed by atoms with Crippen molar-refractivity contribution in [2.45, 2.75) is 24.2 Å². The van der Waals surface area contributed by atoms with Crippen molar-refractivity contribution < 1.29 is 39.9 Å². The molecule has 0 heterocycles. The number of halogens is 1. The first-order valence-corrected chi connectivity index (χ1v) is 10.1. The van der Waals surface area contributed by atoms with Crippen LogP contribution in [0, 0.1) is 11.8 Å². The molecule has 1 saturated carbocycles. The largest absolute Gasteiger partial charge is 0.508 e. The number of phenolic OH excluding ortho intramolecular Hbond substituents is 1. The first-order chi connectivity index (χ1) is 14.8. The lowest BCUT2D eigenvalue weighted by atomic mass is 9.57. The van der Waals surface area contributed by atoms with Crippen molar-refractivity contribution in [2.75, 3.05) is 14.1 Å². The van der Waals surface area contributed by atoms with E-state index in [9.17, 15) is 39.9 Å². The molecule has 0 saturated heterocycles. The van der Waals surface area contributed by atoms with Crippen molar-refractivity contribution in [3.63, 3.8) is 0 Å². The summed E-state index contributed by atoms with van der Waals surface area (Å²) in [5.41, 5.74) is 0.845. The molecule has 1 fully saturated rings. The highest BCUT2D eigenvalue weighted by atomic mass is 35.5. The Hall–Kier alpha value is -2.92. The van der Waals surface area contributed by atoms with E-state index in [1.54, 1.807) is 0 Å². The molecule has 5 atom stereocenters. The molecule has 0 radical (unpaired) electrons. The van der Waals surface area contributed by atoms with Gasteiger partial charge >= 0.3 is 0 Å². The van der Waals surface area contributed by atoms with Gasteiger partial charge in [0, 0.05) is 28.0 Å². The number of fused-ring (bicyclic) bond motifs is 3. The Bertz CT molecular complexity index is 1160. The molecule has 11 heteroatoms. The van der Waals surface area contributed by atoms with E-state index in [0.717, 1.165) is 0 Å². The van der Waals surface area contributed by atoms with Crippen LogP contribution in [-0.2, 0) is 14.4 Å². The lowest BCUT2D eigenvalue weighted by Gasteiger charge is -2.51. The number of nitrogens with two attached hydrogens (primary N) is 1. The minimum absolute atomic E-state index is 0.00251. The van der Waals surface area contributed by atoms with Crippen LogP contribution in [0.3, 0.4) is 0 Å². The van der Waals surface area contributed by atoms with Crippen molar-refractivity contribution in [3.8, 4) is 5.75 Å². The van der Waals surface area contributed by atoms with Gasteiger partial charge in [-0.3, -0.25) is 19.3 Å². The maximum absolute atomic E-state index is 13.6. The lowest BCUT2D eigenvalue weighted by Crippen LogP contribution is -2.66. The third-order valence-electron chi connectivity index (χ3n) is 6.64. The van der Waals surface area contributed by atoms with Crippen LogP contribution in [0.1, 0.15) is 23.7 Å². The Morgan fingerprint density at radius 3 is 2.41 bits per heavy atom. The monoisotopic (exact) mass is 464 g/mol. The molecule has 1 aromatic rings. The Labute approximate surface area is 186 Å². The van der Waals surface area contributed by atoms with Gasteiger partial charge in [0.05, 0.1) is 17.7 Å². The minimum Gasteiger partial charge on any atom is -0.508 e. The maximum Gasteiger partial charge on any atom is 0.255 e. The fourth-order valence-electron chi connectivity index (χ4n) is 5.24. The zero-order valence-corrected chi connectivity index (χ0v) is 17.8. The van der Waals surface area contributed by atoms with Gasteiger partial charge in [0.25, 0.3) is 5.91 Å². The number of hydrogen-bond acceptors (Lipinski definition) is 9. The topological polar surface area (TPSA) is 182 Å². The number of primary amides is 1. The smallest absolute Gasteiger partial charge is 0.255 e. The summed E-state index contributed by atoms with van der Waals surface area (Å²) in [7, 11) is 2.97. The van der Waals surface area contributed by atoms with E-state index in [1.165, 1.54) is 31.1 Å². The van der Waals surface area contributed by atoms with Crippen molar-refractivity contribution in [1.29, 1.82) is 0 Å². The number of benzene rings is 1. The van der Waals surface area contributed by atoms with Crippen LogP contribution in [0.2, 0.25) is 5.02 Å². The number of aromatic hydroxyl groups is 1. The number of aliphatic hydroxyl groups excluding tert-OH is 3. The normalized spacial score (nSPS) is 32.1. The molecule has 32 heavy (non-hydrogen) atoms. The quantitative estimate of drug-likeness (QED) is 0.331. The van der Waals surface area contributed by atoms with Gasteiger partial charge in [-0.25, -0.2) is 0 Å². The van der Waals surface area contributed by atoms with Crippen LogP contribution in [0.15, 0.2) is 29.0 Å². The van der Waals surface area contributed by atoms with Crippen LogP contribution in [0.4, 0.5) is 0 Å². The predicted molar refractivity (Wildman–Crippen MR) is 111 cm³/mol. The second-order valence-corrected chi connectivity index (χ2v) is 8.87. The highest BCUT2D eigenvalue weighted by Crippen LogP contribution is 2.56. The molecule has 0 unspecified atom stereocenters. The molecule has 1 aromatic carbocycles. The summed E-state index contributed by atoms with van der Waals surface area (Å²) < 4.78 is 0. The van der Waals surface area contributed by atoms with Gasteiger partial charge in [-0.15, -0.1) is 0 Å². The van der Waals surface area contributed by atoms with E-state index in [0.29, 0.717) is 0 Å². The first kappa shape index (κ1) is 22.3. The van der Waals surface area contributed by atoms with Gasteiger partial charge in [-0.1, -0.05) is 11.6 Å². The SMILES string of the molecule is CN(C)[C@H]1C(=O)C(C(N)=O)=C(O)[C@]2(O)C(=O)C3=C(O)c4c(O)ccc(Cl)c4[C@H](O)[C@H]3C[C@@H]12. The molecule has 0 bridgehead atoms. The van der Waals surface area contributed by atoms with Crippen molar-refractivity contribution in [2.24, 2.45) is 17.6 Å². The van der Waals surface area contributed by atoms with Crippen LogP contribution >= 0.6 is 11.6 Å². The van der Waals surface area contributed by atoms with E-state index in [4.69, 9.17) is 17.3 Å². The third kappa shape index (κ3) is 2.61. The van der Waals surface area contributed by atoms with Crippen molar-refractivity contribution >= 4 is 34.8 Å². The highest BCUT2D eigenvalue weighted by molar-refractivity contribution is 6.32. The van der Waals surface area contributed by atoms with Gasteiger partial charge in [0.2, 0.25) is 5.78 Å². The fraction of sp³-hybridized carbons (Fsp3) is 0.381. The molecule has 4 rings (SSSR count). The minimum atomic E-state index is -2.77. The van der Waals surface area contributed by atoms with E-state index in [2.05, 4.69) is 0 Å². The zero-order chi connectivity index (χ0) is 23.9. The second-order valence-electron chi connectivity index (χ2n) is 8.47. The number of Topliss-reactive ketones (excluding diaryl/α,β-unsaturated/α-hetero) is 2. The molecule has 3 aliphatic carbocycles. The van der Waals surface area contributed by atoms with Crippen LogP contribution in [-0.4, -0.2) is 73.6 Å². The number of rotatable bonds is 2. The van der Waals surface area contributed by atoms with Gasteiger partial charge in [-0.05, 0) is 32.6 Å². The molecule has 0 aliphatic heterocycles. The number of phenols is 1. The summed E-state index contributed by atoms with van der Waals surface area (Å²) in [5.74, 6) is -8.19. The Balaban J connectivity index is 2.03. The number of hydrogen-bond donors (Lipinski definition) is 6. The molecule has 10 nitrogen and oxygen atoms in total. The lowest BCUT2D eigenvalue weighted by molar-refractivity contribution is -0.155. The van der Waals surface area contributed by atoms with Gasteiger partial charge in [0.15, 0.2) is 11.4 Å². The number of ketones is 2. The summed E-state index contributed by atoms with van der Waals surface area (Å²) in [6.45, 7) is 0. The Kier molecular flexibility index (Phi) is 4.90. The summed E-state index contributed by atoms with van der Waals surface area (Å²) >= 11 is 6.19. The van der Waals surface area contributed by atoms with Crippen LogP contribution in [0.25, 0.3) is 5.76 Å². The average Bonchev–Trinajstić information content (AvgIpc) is 2.69. The first-order valence-electron chi connectivity index (χ1n) is 9.69. The average molecular weight is 465 g/mol. The molecule has 7 N–H and O–H groups in total. The number of amides is 1. The van der Waals surface area contributed by atoms with E-state index < -0.39 is 75.5 Å². The number of carbonyl (C=O) groups is 3. The standard InChI is InChI=1S/C21H21ClN2O8/c1-24(2)14-7-5-6-10(16(27)12-9(25)4-3-8(22)11(12)15(6)26)18(29)21(7,32)19(30)13(17(14)28)20(23)31/h3-4,6-7,14-15,25-27,30,32H,5H2,1-2H3,(H2,23,31)/t6-,7-,14+,15+,21+/m0/s1. The Morgan fingerprint density at radius 2 is 1.84 bits per heavy atom. The van der Waals surface area contributed by atoms with Crippen molar-refractivity contribution in [1.82, 2.24) is 4.90 Å². The molecular formula is C21H21ClN2O8. The molecule has 0 aromatic heterocycles. The molecular weight excluding hydrogens is 444 g/mol. The van der Waals surface area contributed by atoms with Gasteiger partial charge < -0.3 is 31.3 Å². The maximum atomic E-state index is 13.6. The molecule has 0 spiro atoms. The summed E-state index contributed by atoms with van der Waals surface area (Å²) in [6, 6.07) is 1.25. The van der Waals surface area contributed by atoms with Gasteiger partial charge in [-0.2, -0.15) is 0 Å². The third-order valence-corrected chi connectivity index (χ3v) is 6.97. The van der Waals surface area contributed by atoms with Crippen LogP contribution in [0.5, 0.6) is 5.75 Å². The Morgan fingerprint density at radius 1 is 1.22 bits per heavy atom. The summed E-state index contributed by atoms with van der Waals surface area (Å²) in [4.78, 5) is 39.8. The second kappa shape index (κ2) is 7.04. The van der Waals surface area contributed by atoms with Crippen LogP contribution < -0.4 is 5.73 Å². The molecule has 1 amide bonds. The summed E-state index contributed by atoms with van der Waals surface area (Å²) in [5, 5.41) is 54.4. The fourth-order valence-corrected chi connectivity index (χ4v) is 5.51. The number of carbonyl (C=O) groups excluding carboxylic acids is 3. The van der Waals surface area contributed by atoms with E-state index in [-0.39, 0.29) is 22.6 Å². The number of nitrogens with zero attached hydrogens (tertiary/aromatic N) is 1. The van der Waals surface area contributed by atoms with E-state index in [1.807, 2.05) is 0 Å². The highest BCUT2D eigenvalue weighted by Gasteiger charge is 2.65. The summed E-state index contributed by atoms with van der Waals surface area (Å²) in [6.07, 6.45) is -1.70. The molecule has 170 valence electrons. The number of aliphatic hydroxyl groups is 4. The van der Waals surface area contributed by atoms with Gasteiger partial charge in [0.1, 0.15) is 22.8 Å². The number of likely N-dealkylation sites (N-methyl/N-ethyl adjacent to an activating group) is 1. The van der Waals surface area contributed by atoms with Crippen molar-refractivity contribution in [3.05, 3.63) is 45.2 Å².